The van der Waals surface area contributed by atoms with Crippen LogP contribution < -0.4 is 15.9 Å². The molecule has 13 aromatic rings. The third-order valence-electron chi connectivity index (χ3n) is 13.7. The zero-order valence-electron chi connectivity index (χ0n) is 36.3. The van der Waals surface area contributed by atoms with Crippen LogP contribution in [0.25, 0.3) is 109 Å². The topological polar surface area (TPSA) is 34.2 Å². The van der Waals surface area contributed by atoms with Gasteiger partial charge in [0.05, 0.1) is 33.1 Å². The minimum Gasteiger partial charge on any atom is -0.345 e. The van der Waals surface area contributed by atoms with Crippen molar-refractivity contribution in [1.82, 2.24) is 14.5 Å². The number of aromatic nitrogens is 2. The van der Waals surface area contributed by atoms with E-state index < -0.39 is 6.29 Å². The van der Waals surface area contributed by atoms with Gasteiger partial charge >= 0.3 is 0 Å². The molecule has 3 aromatic heterocycles. The Morgan fingerprint density at radius 2 is 1.01 bits per heavy atom. The molecule has 0 fully saturated rings. The molecule has 10 aromatic carbocycles. The molecule has 14 rings (SSSR count). The number of nitrogens with zero attached hydrogens (tertiary/aromatic N) is 3. The van der Waals surface area contributed by atoms with Crippen molar-refractivity contribution in [3.8, 4) is 38.4 Å². The smallest absolute Gasteiger partial charge is 0.201 e. The summed E-state index contributed by atoms with van der Waals surface area (Å²) in [5.74, 6) is 0. The molecule has 1 atom stereocenters. The summed E-state index contributed by atoms with van der Waals surface area (Å²) in [5, 5.41) is 14.8. The quantitative estimate of drug-likeness (QED) is 0.177. The van der Waals surface area contributed by atoms with Crippen LogP contribution in [0.4, 0.5) is 0 Å². The van der Waals surface area contributed by atoms with Gasteiger partial charge in [-0.1, -0.05) is 158 Å². The lowest BCUT2D eigenvalue weighted by atomic mass is 9.96. The van der Waals surface area contributed by atoms with E-state index in [9.17, 15) is 0 Å². The molecule has 67 heavy (non-hydrogen) atoms. The number of hydrogen-bond donors (Lipinski definition) is 1. The molecular formula is C62H40N4S. The Balaban J connectivity index is 0.929. The summed E-state index contributed by atoms with van der Waals surface area (Å²) < 4.78 is 6.04. The van der Waals surface area contributed by atoms with E-state index in [0.717, 1.165) is 38.6 Å². The number of nitrogens with one attached hydrogen (secondary N) is 1. The molecule has 0 amide bonds. The summed E-state index contributed by atoms with van der Waals surface area (Å²) in [6, 6.07) is 83.9. The highest BCUT2D eigenvalue weighted by molar-refractivity contribution is 7.22. The van der Waals surface area contributed by atoms with Crippen molar-refractivity contribution < 1.29 is 0 Å². The summed E-state index contributed by atoms with van der Waals surface area (Å²) in [7, 11) is 0. The minimum atomic E-state index is -0.398. The largest absolute Gasteiger partial charge is 0.345 e. The Bertz CT molecular complexity index is 4240. The van der Waals surface area contributed by atoms with Gasteiger partial charge in [0.1, 0.15) is 0 Å². The van der Waals surface area contributed by atoms with Crippen molar-refractivity contribution in [2.24, 2.45) is 4.99 Å². The Kier molecular flexibility index (Phi) is 8.48. The molecule has 4 nitrogen and oxygen atoms in total. The van der Waals surface area contributed by atoms with Crippen LogP contribution in [0.3, 0.4) is 0 Å². The lowest BCUT2D eigenvalue weighted by molar-refractivity contribution is 0.490. The second kappa shape index (κ2) is 15.0. The molecule has 5 heteroatoms. The maximum absolute atomic E-state index is 5.60. The normalized spacial score (nSPS) is 13.7. The van der Waals surface area contributed by atoms with E-state index in [-0.39, 0.29) is 0 Å². The van der Waals surface area contributed by atoms with Gasteiger partial charge in [0.15, 0.2) is 0 Å². The van der Waals surface area contributed by atoms with Crippen LogP contribution in [0.1, 0.15) is 11.9 Å². The molecule has 4 heterocycles. The van der Waals surface area contributed by atoms with Gasteiger partial charge in [-0.25, -0.2) is 4.99 Å². The van der Waals surface area contributed by atoms with Crippen LogP contribution in [0.2, 0.25) is 0 Å². The van der Waals surface area contributed by atoms with E-state index in [0.29, 0.717) is 0 Å². The molecule has 0 aliphatic carbocycles. The van der Waals surface area contributed by atoms with Crippen molar-refractivity contribution in [2.75, 3.05) is 0 Å². The van der Waals surface area contributed by atoms with Crippen LogP contribution >= 0.6 is 11.3 Å². The number of rotatable bonds is 6. The molecule has 0 saturated heterocycles. The fourth-order valence-electron chi connectivity index (χ4n) is 10.7. The predicted molar refractivity (Wildman–Crippen MR) is 281 cm³/mol. The fraction of sp³-hybridized carbons (Fsp3) is 0.0161. The summed E-state index contributed by atoms with van der Waals surface area (Å²) in [5.41, 5.74) is 14.0. The van der Waals surface area contributed by atoms with Crippen molar-refractivity contribution in [3.63, 3.8) is 0 Å². The Morgan fingerprint density at radius 1 is 0.403 bits per heavy atom. The monoisotopic (exact) mass is 872 g/mol. The Labute approximate surface area is 390 Å². The van der Waals surface area contributed by atoms with Gasteiger partial charge in [-0.05, 0) is 117 Å². The van der Waals surface area contributed by atoms with Crippen LogP contribution in [0, 0.1) is 0 Å². The van der Waals surface area contributed by atoms with Crippen LogP contribution in [0.15, 0.2) is 236 Å². The first-order valence-electron chi connectivity index (χ1n) is 22.9. The van der Waals surface area contributed by atoms with Crippen molar-refractivity contribution in [2.45, 2.75) is 6.29 Å². The summed E-state index contributed by atoms with van der Waals surface area (Å²) >= 11 is 1.83. The SMILES string of the molecule is c1ccc(C2=c3c(ccc4sc(-c5ccccc5)cc34)=NC(n3c4ccc(-c5cccc(-c6ccc7c(c6)c6ccccc6n7-c6ccccc6)c5)cc4c4c5ccccc5ccc43)N2)cc1. The van der Waals surface area contributed by atoms with Crippen molar-refractivity contribution in [1.29, 1.82) is 0 Å². The zero-order chi connectivity index (χ0) is 44.0. The van der Waals surface area contributed by atoms with Gasteiger partial charge in [0.25, 0.3) is 0 Å². The molecule has 1 N–H and O–H groups in total. The highest BCUT2D eigenvalue weighted by Gasteiger charge is 2.25. The van der Waals surface area contributed by atoms with Gasteiger partial charge in [-0.3, -0.25) is 0 Å². The highest BCUT2D eigenvalue weighted by Crippen LogP contribution is 2.41. The lowest BCUT2D eigenvalue weighted by Crippen LogP contribution is -2.42. The van der Waals surface area contributed by atoms with Crippen molar-refractivity contribution >= 4 is 81.5 Å². The van der Waals surface area contributed by atoms with E-state index in [1.807, 2.05) is 11.3 Å². The lowest BCUT2D eigenvalue weighted by Gasteiger charge is -2.25. The number of fused-ring (bicyclic) bond motifs is 11. The van der Waals surface area contributed by atoms with Crippen molar-refractivity contribution in [3.05, 3.63) is 247 Å². The molecular weight excluding hydrogens is 833 g/mol. The van der Waals surface area contributed by atoms with Gasteiger partial charge in [0.2, 0.25) is 6.29 Å². The van der Waals surface area contributed by atoms with Gasteiger partial charge in [0, 0.05) is 47.4 Å². The number of benzene rings is 10. The maximum atomic E-state index is 5.60. The fourth-order valence-corrected chi connectivity index (χ4v) is 11.8. The Morgan fingerprint density at radius 3 is 1.81 bits per heavy atom. The molecule has 1 unspecified atom stereocenters. The predicted octanol–water partition coefficient (Wildman–Crippen LogP) is 14.8. The Hall–Kier alpha value is -8.51. The zero-order valence-corrected chi connectivity index (χ0v) is 37.1. The third-order valence-corrected chi connectivity index (χ3v) is 14.9. The maximum Gasteiger partial charge on any atom is 0.201 e. The molecule has 1 aliphatic rings. The van der Waals surface area contributed by atoms with E-state index in [2.05, 4.69) is 245 Å². The number of para-hydroxylation sites is 2. The van der Waals surface area contributed by atoms with E-state index in [1.165, 1.54) is 86.1 Å². The summed E-state index contributed by atoms with van der Waals surface area (Å²) in [4.78, 5) is 6.85. The third kappa shape index (κ3) is 6.02. The van der Waals surface area contributed by atoms with Crippen LogP contribution in [-0.4, -0.2) is 9.13 Å². The number of thiophene rings is 1. The first kappa shape index (κ1) is 37.8. The first-order chi connectivity index (χ1) is 33.2. The van der Waals surface area contributed by atoms with Crippen LogP contribution in [-0.2, 0) is 0 Å². The first-order valence-corrected chi connectivity index (χ1v) is 23.7. The number of hydrogen-bond acceptors (Lipinski definition) is 3. The average molecular weight is 873 g/mol. The van der Waals surface area contributed by atoms with Gasteiger partial charge < -0.3 is 14.5 Å². The molecule has 0 radical (unpaired) electrons. The molecule has 0 spiro atoms. The highest BCUT2D eigenvalue weighted by atomic mass is 32.1. The summed E-state index contributed by atoms with van der Waals surface area (Å²) in [6.45, 7) is 0. The molecule has 314 valence electrons. The second-order valence-electron chi connectivity index (χ2n) is 17.5. The molecule has 0 saturated carbocycles. The van der Waals surface area contributed by atoms with Gasteiger partial charge in [-0.15, -0.1) is 11.3 Å². The van der Waals surface area contributed by atoms with Crippen LogP contribution in [0.5, 0.6) is 0 Å². The summed E-state index contributed by atoms with van der Waals surface area (Å²) in [6.07, 6.45) is -0.398. The molecule has 1 aliphatic heterocycles. The van der Waals surface area contributed by atoms with Gasteiger partial charge in [-0.2, -0.15) is 0 Å². The van der Waals surface area contributed by atoms with E-state index in [4.69, 9.17) is 4.99 Å². The minimum absolute atomic E-state index is 0.398. The average Bonchev–Trinajstić information content (AvgIpc) is 4.09. The standard InChI is InChI=1S/C62H40N4S/c1-4-16-40(17-5-1)58-38-51-57(67-58)34-30-52-60(51)61(41-18-6-2-7-19-41)64-62(63-52)66-55-32-29-45(37-50(55)59-47-24-11-10-15-39(47)27-33-56(59)66)43-21-14-20-42(35-43)44-28-31-54-49(36-44)48-25-12-13-26-53(48)65(54)46-22-8-3-9-23-46/h1-38,62,64H. The second-order valence-corrected chi connectivity index (χ2v) is 18.6. The van der Waals surface area contributed by atoms with E-state index in [1.54, 1.807) is 0 Å². The van der Waals surface area contributed by atoms with E-state index >= 15 is 0 Å². The molecule has 0 bridgehead atoms.